The van der Waals surface area contributed by atoms with Gasteiger partial charge in [-0.25, -0.2) is 14.2 Å². The maximum Gasteiger partial charge on any atom is 0.412 e. The highest BCUT2D eigenvalue weighted by molar-refractivity contribution is 6.30. The summed E-state index contributed by atoms with van der Waals surface area (Å²) in [5.74, 6) is -0.822. The minimum Gasteiger partial charge on any atom is -0.444 e. The van der Waals surface area contributed by atoms with Crippen LogP contribution < -0.4 is 5.32 Å². The number of hydrogen-bond acceptors (Lipinski definition) is 4. The Morgan fingerprint density at radius 1 is 1.33 bits per heavy atom. The van der Waals surface area contributed by atoms with Gasteiger partial charge in [0.2, 0.25) is 0 Å². The zero-order chi connectivity index (χ0) is 17.7. The Kier molecular flexibility index (Phi) is 5.51. The standard InChI is InChI=1S/C17H17ClFN3O2/c1-17(2,3)24-16(23)22-12-10-21-15(18)13(19)14(12)20-9-11-7-5-4-6-8-11/h4-10H,1-3H3,(H,22,23). The molecular formula is C17H17ClFN3O2. The minimum absolute atomic E-state index is 0.0679. The Balaban J connectivity index is 2.30. The molecule has 1 N–H and O–H groups in total. The molecule has 5 nitrogen and oxygen atoms in total. The molecule has 0 unspecified atom stereocenters. The van der Waals surface area contributed by atoms with Crippen molar-refractivity contribution in [3.05, 3.63) is 53.1 Å². The second-order valence-electron chi connectivity index (χ2n) is 5.92. The first-order valence-electron chi connectivity index (χ1n) is 7.19. The first kappa shape index (κ1) is 17.9. The average Bonchev–Trinajstić information content (AvgIpc) is 2.50. The Hall–Kier alpha value is -2.47. The van der Waals surface area contributed by atoms with Crippen molar-refractivity contribution in [2.45, 2.75) is 26.4 Å². The molecule has 24 heavy (non-hydrogen) atoms. The zero-order valence-corrected chi connectivity index (χ0v) is 14.3. The van der Waals surface area contributed by atoms with E-state index in [2.05, 4.69) is 15.3 Å². The number of nitrogens with zero attached hydrogens (tertiary/aromatic N) is 2. The lowest BCUT2D eigenvalue weighted by Crippen LogP contribution is -2.27. The van der Waals surface area contributed by atoms with Crippen molar-refractivity contribution in [1.82, 2.24) is 4.98 Å². The van der Waals surface area contributed by atoms with Crippen molar-refractivity contribution in [1.29, 1.82) is 0 Å². The molecule has 1 aromatic heterocycles. The van der Waals surface area contributed by atoms with Crippen LogP contribution in [0.15, 0.2) is 41.5 Å². The number of carbonyl (C=O) groups is 1. The number of benzene rings is 1. The van der Waals surface area contributed by atoms with E-state index in [0.717, 1.165) is 5.56 Å². The third-order valence-electron chi connectivity index (χ3n) is 2.73. The topological polar surface area (TPSA) is 63.6 Å². The molecule has 0 fully saturated rings. The number of aromatic nitrogens is 1. The molecule has 1 heterocycles. The lowest BCUT2D eigenvalue weighted by atomic mass is 10.2. The Bertz CT molecular complexity index is 758. The van der Waals surface area contributed by atoms with Crippen molar-refractivity contribution in [3.63, 3.8) is 0 Å². The van der Waals surface area contributed by atoms with Crippen molar-refractivity contribution in [2.24, 2.45) is 4.99 Å². The maximum absolute atomic E-state index is 14.3. The van der Waals surface area contributed by atoms with E-state index in [4.69, 9.17) is 16.3 Å². The number of pyridine rings is 1. The van der Waals surface area contributed by atoms with Crippen LogP contribution in [0, 0.1) is 5.82 Å². The van der Waals surface area contributed by atoms with Crippen LogP contribution in [0.2, 0.25) is 5.15 Å². The van der Waals surface area contributed by atoms with Gasteiger partial charge in [-0.15, -0.1) is 0 Å². The molecule has 0 aliphatic carbocycles. The smallest absolute Gasteiger partial charge is 0.412 e. The van der Waals surface area contributed by atoms with Crippen LogP contribution in [-0.4, -0.2) is 22.9 Å². The average molecular weight is 350 g/mol. The van der Waals surface area contributed by atoms with E-state index in [1.54, 1.807) is 20.8 Å². The summed E-state index contributed by atoms with van der Waals surface area (Å²) in [4.78, 5) is 19.7. The van der Waals surface area contributed by atoms with E-state index in [1.807, 2.05) is 30.3 Å². The number of anilines is 1. The molecule has 0 saturated heterocycles. The summed E-state index contributed by atoms with van der Waals surface area (Å²) >= 11 is 5.71. The summed E-state index contributed by atoms with van der Waals surface area (Å²) in [6.07, 6.45) is 1.96. The summed E-state index contributed by atoms with van der Waals surface area (Å²) in [6.45, 7) is 5.17. The Morgan fingerprint density at radius 2 is 2.00 bits per heavy atom. The summed E-state index contributed by atoms with van der Waals surface area (Å²) in [5, 5.41) is 2.11. The van der Waals surface area contributed by atoms with Crippen molar-refractivity contribution in [2.75, 3.05) is 5.32 Å². The molecule has 0 aliphatic heterocycles. The highest BCUT2D eigenvalue weighted by Gasteiger charge is 2.19. The van der Waals surface area contributed by atoms with E-state index >= 15 is 0 Å². The number of ether oxygens (including phenoxy) is 1. The molecule has 1 amide bonds. The maximum atomic E-state index is 14.3. The normalized spacial score (nSPS) is 11.5. The van der Waals surface area contributed by atoms with Crippen molar-refractivity contribution < 1.29 is 13.9 Å². The van der Waals surface area contributed by atoms with Crippen LogP contribution in [-0.2, 0) is 4.74 Å². The number of rotatable bonds is 3. The van der Waals surface area contributed by atoms with Gasteiger partial charge < -0.3 is 4.74 Å². The third kappa shape index (κ3) is 5.03. The number of amides is 1. The molecule has 0 bridgehead atoms. The quantitative estimate of drug-likeness (QED) is 0.628. The molecule has 2 aromatic rings. The van der Waals surface area contributed by atoms with Crippen LogP contribution in [0.5, 0.6) is 0 Å². The molecule has 0 aliphatic rings. The molecule has 2 rings (SSSR count). The summed E-state index contributed by atoms with van der Waals surface area (Å²) < 4.78 is 19.4. The summed E-state index contributed by atoms with van der Waals surface area (Å²) in [7, 11) is 0. The zero-order valence-electron chi connectivity index (χ0n) is 13.5. The predicted octanol–water partition coefficient (Wildman–Crippen LogP) is 4.97. The van der Waals surface area contributed by atoms with Gasteiger partial charge in [-0.05, 0) is 26.3 Å². The first-order valence-corrected chi connectivity index (χ1v) is 7.57. The van der Waals surface area contributed by atoms with Crippen molar-refractivity contribution >= 4 is 35.3 Å². The van der Waals surface area contributed by atoms with Crippen LogP contribution >= 0.6 is 11.6 Å². The monoisotopic (exact) mass is 349 g/mol. The second-order valence-corrected chi connectivity index (χ2v) is 6.28. The lowest BCUT2D eigenvalue weighted by molar-refractivity contribution is 0.0636. The highest BCUT2D eigenvalue weighted by Crippen LogP contribution is 2.31. The van der Waals surface area contributed by atoms with Gasteiger partial charge in [0.05, 0.1) is 11.9 Å². The fraction of sp³-hybridized carbons (Fsp3) is 0.235. The van der Waals surface area contributed by atoms with Gasteiger partial charge in [-0.3, -0.25) is 10.3 Å². The minimum atomic E-state index is -0.822. The van der Waals surface area contributed by atoms with Crippen LogP contribution in [0.1, 0.15) is 26.3 Å². The van der Waals surface area contributed by atoms with Gasteiger partial charge in [0.1, 0.15) is 11.3 Å². The van der Waals surface area contributed by atoms with Crippen LogP contribution in [0.4, 0.5) is 20.6 Å². The largest absolute Gasteiger partial charge is 0.444 e. The molecule has 0 spiro atoms. The molecule has 1 aromatic carbocycles. The van der Waals surface area contributed by atoms with E-state index in [1.165, 1.54) is 12.4 Å². The summed E-state index contributed by atoms with van der Waals surface area (Å²) in [6, 6.07) is 9.14. The van der Waals surface area contributed by atoms with Crippen LogP contribution in [0.25, 0.3) is 0 Å². The Morgan fingerprint density at radius 3 is 2.62 bits per heavy atom. The summed E-state index contributed by atoms with van der Waals surface area (Å²) in [5.41, 5.74) is 0.0340. The molecule has 0 radical (unpaired) electrons. The van der Waals surface area contributed by atoms with E-state index in [0.29, 0.717) is 0 Å². The fourth-order valence-electron chi connectivity index (χ4n) is 1.76. The molecular weight excluding hydrogens is 333 g/mol. The van der Waals surface area contributed by atoms with Crippen LogP contribution in [0.3, 0.4) is 0 Å². The van der Waals surface area contributed by atoms with E-state index < -0.39 is 17.5 Å². The predicted molar refractivity (Wildman–Crippen MR) is 92.8 cm³/mol. The number of hydrogen-bond donors (Lipinski definition) is 1. The highest BCUT2D eigenvalue weighted by atomic mass is 35.5. The number of carbonyl (C=O) groups excluding carboxylic acids is 1. The third-order valence-corrected chi connectivity index (χ3v) is 2.99. The van der Waals surface area contributed by atoms with Gasteiger partial charge in [-0.1, -0.05) is 41.9 Å². The molecule has 126 valence electrons. The van der Waals surface area contributed by atoms with Gasteiger partial charge >= 0.3 is 6.09 Å². The second kappa shape index (κ2) is 7.40. The van der Waals surface area contributed by atoms with E-state index in [-0.39, 0.29) is 16.5 Å². The van der Waals surface area contributed by atoms with Crippen molar-refractivity contribution in [3.8, 4) is 0 Å². The number of aliphatic imine (C=N–C) groups is 1. The number of halogens is 2. The van der Waals surface area contributed by atoms with Gasteiger partial charge in [0, 0.05) is 6.21 Å². The molecule has 0 atom stereocenters. The molecule has 7 heteroatoms. The van der Waals surface area contributed by atoms with Gasteiger partial charge in [0.15, 0.2) is 11.0 Å². The van der Waals surface area contributed by atoms with Gasteiger partial charge in [0.25, 0.3) is 0 Å². The first-order chi connectivity index (χ1) is 11.3. The lowest BCUT2D eigenvalue weighted by Gasteiger charge is -2.20. The molecule has 0 saturated carbocycles. The van der Waals surface area contributed by atoms with Gasteiger partial charge in [-0.2, -0.15) is 0 Å². The number of nitrogens with one attached hydrogen (secondary N) is 1. The fourth-order valence-corrected chi connectivity index (χ4v) is 1.90. The van der Waals surface area contributed by atoms with E-state index in [9.17, 15) is 9.18 Å². The Labute approximate surface area is 144 Å². The SMILES string of the molecule is CC(C)(C)OC(=O)Nc1cnc(Cl)c(F)c1N=Cc1ccccc1.